The second-order valence-electron chi connectivity index (χ2n) is 6.54. The largest absolute Gasteiger partial charge is 0.341 e. The van der Waals surface area contributed by atoms with Crippen LogP contribution in [0.1, 0.15) is 40.8 Å². The average Bonchev–Trinajstić information content (AvgIpc) is 3.28. The van der Waals surface area contributed by atoms with Crippen LogP contribution in [-0.2, 0) is 6.42 Å². The molecule has 0 saturated heterocycles. The standard InChI is InChI=1S/C19H23N5OS/c1-13(2)24-18(20-11-22-24)15-5-7-16(8-6-15)19(25)23(4)10-9-17-14(3)21-12-26-17/h5-8,11-13H,9-10H2,1-4H3. The molecule has 6 nitrogen and oxygen atoms in total. The SMILES string of the molecule is Cc1ncsc1CCN(C)C(=O)c1ccc(-c2ncnn2C(C)C)cc1. The van der Waals surface area contributed by atoms with Crippen molar-refractivity contribution in [3.05, 3.63) is 52.2 Å². The maximum Gasteiger partial charge on any atom is 0.253 e. The van der Waals surface area contributed by atoms with Crippen molar-refractivity contribution >= 4 is 17.2 Å². The molecule has 0 spiro atoms. The molecule has 1 amide bonds. The summed E-state index contributed by atoms with van der Waals surface area (Å²) in [5, 5.41) is 4.26. The first-order chi connectivity index (χ1) is 12.5. The second kappa shape index (κ2) is 7.78. The smallest absolute Gasteiger partial charge is 0.253 e. The van der Waals surface area contributed by atoms with Gasteiger partial charge in [-0.2, -0.15) is 5.10 Å². The number of carbonyl (C=O) groups is 1. The Bertz CT molecular complexity index is 881. The van der Waals surface area contributed by atoms with E-state index in [0.29, 0.717) is 12.1 Å². The van der Waals surface area contributed by atoms with Crippen LogP contribution >= 0.6 is 11.3 Å². The van der Waals surface area contributed by atoms with Crippen LogP contribution in [0, 0.1) is 6.92 Å². The van der Waals surface area contributed by atoms with E-state index < -0.39 is 0 Å². The molecule has 0 atom stereocenters. The van der Waals surface area contributed by atoms with Crippen molar-refractivity contribution in [1.29, 1.82) is 0 Å². The lowest BCUT2D eigenvalue weighted by Gasteiger charge is -2.17. The summed E-state index contributed by atoms with van der Waals surface area (Å²) >= 11 is 1.64. The number of aromatic nitrogens is 4. The Balaban J connectivity index is 1.68. The number of amides is 1. The van der Waals surface area contributed by atoms with E-state index in [1.165, 1.54) is 4.88 Å². The first-order valence-corrected chi connectivity index (χ1v) is 9.49. The van der Waals surface area contributed by atoms with Crippen molar-refractivity contribution in [3.8, 4) is 11.4 Å². The van der Waals surface area contributed by atoms with Crippen molar-refractivity contribution in [2.24, 2.45) is 0 Å². The molecule has 3 aromatic rings. The lowest BCUT2D eigenvalue weighted by atomic mass is 10.1. The van der Waals surface area contributed by atoms with E-state index in [1.807, 2.05) is 48.4 Å². The fraction of sp³-hybridized carbons (Fsp3) is 0.368. The first kappa shape index (κ1) is 18.3. The van der Waals surface area contributed by atoms with Crippen LogP contribution in [0.15, 0.2) is 36.1 Å². The molecule has 0 bridgehead atoms. The molecule has 7 heteroatoms. The summed E-state index contributed by atoms with van der Waals surface area (Å²) in [6.45, 7) is 6.80. The molecule has 0 N–H and O–H groups in total. The molecule has 0 aliphatic heterocycles. The highest BCUT2D eigenvalue weighted by Gasteiger charge is 2.14. The van der Waals surface area contributed by atoms with Crippen LogP contribution in [0.4, 0.5) is 0 Å². The number of hydrogen-bond donors (Lipinski definition) is 0. The molecule has 2 aromatic heterocycles. The summed E-state index contributed by atoms with van der Waals surface area (Å²) in [5.41, 5.74) is 4.53. The molecule has 0 radical (unpaired) electrons. The molecule has 0 fully saturated rings. The van der Waals surface area contributed by atoms with Gasteiger partial charge in [0.25, 0.3) is 5.91 Å². The number of likely N-dealkylation sites (N-methyl/N-ethyl adjacent to an activating group) is 1. The molecule has 136 valence electrons. The van der Waals surface area contributed by atoms with Gasteiger partial charge in [0.2, 0.25) is 0 Å². The summed E-state index contributed by atoms with van der Waals surface area (Å²) in [7, 11) is 1.84. The molecular weight excluding hydrogens is 346 g/mol. The van der Waals surface area contributed by atoms with Crippen molar-refractivity contribution in [3.63, 3.8) is 0 Å². The van der Waals surface area contributed by atoms with Crippen LogP contribution in [0.5, 0.6) is 0 Å². The number of hydrogen-bond acceptors (Lipinski definition) is 5. The fourth-order valence-electron chi connectivity index (χ4n) is 2.75. The molecular formula is C19H23N5OS. The van der Waals surface area contributed by atoms with E-state index in [0.717, 1.165) is 23.5 Å². The van der Waals surface area contributed by atoms with Gasteiger partial charge < -0.3 is 4.90 Å². The van der Waals surface area contributed by atoms with Crippen LogP contribution < -0.4 is 0 Å². The van der Waals surface area contributed by atoms with Gasteiger partial charge in [0.05, 0.1) is 11.2 Å². The minimum atomic E-state index is 0.0176. The number of aryl methyl sites for hydroxylation is 1. The number of benzene rings is 1. The quantitative estimate of drug-likeness (QED) is 0.666. The summed E-state index contributed by atoms with van der Waals surface area (Å²) < 4.78 is 1.88. The highest BCUT2D eigenvalue weighted by molar-refractivity contribution is 7.09. The molecule has 2 heterocycles. The third kappa shape index (κ3) is 3.83. The third-order valence-corrected chi connectivity index (χ3v) is 5.31. The Labute approximate surface area is 157 Å². The Hall–Kier alpha value is -2.54. The molecule has 0 aliphatic rings. The van der Waals surface area contributed by atoms with Crippen LogP contribution in [0.2, 0.25) is 0 Å². The minimum Gasteiger partial charge on any atom is -0.341 e. The molecule has 3 rings (SSSR count). The van der Waals surface area contributed by atoms with Gasteiger partial charge in [-0.25, -0.2) is 14.6 Å². The zero-order valence-corrected chi connectivity index (χ0v) is 16.3. The van der Waals surface area contributed by atoms with Gasteiger partial charge in [-0.05, 0) is 32.9 Å². The van der Waals surface area contributed by atoms with Gasteiger partial charge in [-0.3, -0.25) is 4.79 Å². The molecule has 0 saturated carbocycles. The zero-order chi connectivity index (χ0) is 18.7. The normalized spacial score (nSPS) is 11.1. The summed E-state index contributed by atoms with van der Waals surface area (Å²) in [4.78, 5) is 24.2. The summed E-state index contributed by atoms with van der Waals surface area (Å²) in [6.07, 6.45) is 2.39. The molecule has 26 heavy (non-hydrogen) atoms. The van der Waals surface area contributed by atoms with Crippen molar-refractivity contribution in [2.45, 2.75) is 33.2 Å². The van der Waals surface area contributed by atoms with Gasteiger partial charge in [-0.1, -0.05) is 12.1 Å². The average molecular weight is 369 g/mol. The lowest BCUT2D eigenvalue weighted by molar-refractivity contribution is 0.0797. The Morgan fingerprint density at radius 3 is 2.58 bits per heavy atom. The van der Waals surface area contributed by atoms with E-state index in [4.69, 9.17) is 0 Å². The van der Waals surface area contributed by atoms with Crippen molar-refractivity contribution < 1.29 is 4.79 Å². The van der Waals surface area contributed by atoms with E-state index in [9.17, 15) is 4.79 Å². The molecule has 1 aromatic carbocycles. The highest BCUT2D eigenvalue weighted by Crippen LogP contribution is 2.20. The van der Waals surface area contributed by atoms with Gasteiger partial charge in [0.1, 0.15) is 6.33 Å². The van der Waals surface area contributed by atoms with Crippen molar-refractivity contribution in [2.75, 3.05) is 13.6 Å². The van der Waals surface area contributed by atoms with E-state index in [-0.39, 0.29) is 11.9 Å². The second-order valence-corrected chi connectivity index (χ2v) is 7.48. The monoisotopic (exact) mass is 369 g/mol. The van der Waals surface area contributed by atoms with Gasteiger partial charge in [0, 0.05) is 42.1 Å². The summed E-state index contributed by atoms with van der Waals surface area (Å²) in [5.74, 6) is 0.831. The number of nitrogens with zero attached hydrogens (tertiary/aromatic N) is 5. The number of rotatable bonds is 6. The predicted octanol–water partition coefficient (Wildman–Crippen LogP) is 3.61. The van der Waals surface area contributed by atoms with E-state index in [2.05, 4.69) is 28.9 Å². The third-order valence-electron chi connectivity index (χ3n) is 4.32. The first-order valence-electron chi connectivity index (χ1n) is 8.61. The molecule has 0 aliphatic carbocycles. The topological polar surface area (TPSA) is 63.9 Å². The van der Waals surface area contributed by atoms with Crippen LogP contribution in [0.3, 0.4) is 0 Å². The highest BCUT2D eigenvalue weighted by atomic mass is 32.1. The van der Waals surface area contributed by atoms with Gasteiger partial charge in [0.15, 0.2) is 5.82 Å². The fourth-order valence-corrected chi connectivity index (χ4v) is 3.52. The van der Waals surface area contributed by atoms with Gasteiger partial charge >= 0.3 is 0 Å². The van der Waals surface area contributed by atoms with E-state index in [1.54, 1.807) is 22.6 Å². The van der Waals surface area contributed by atoms with Gasteiger partial charge in [-0.15, -0.1) is 11.3 Å². The maximum absolute atomic E-state index is 12.6. The summed E-state index contributed by atoms with van der Waals surface area (Å²) in [6, 6.07) is 7.79. The number of carbonyl (C=O) groups excluding carboxylic acids is 1. The van der Waals surface area contributed by atoms with E-state index >= 15 is 0 Å². The predicted molar refractivity (Wildman–Crippen MR) is 103 cm³/mol. The zero-order valence-electron chi connectivity index (χ0n) is 15.5. The van der Waals surface area contributed by atoms with Crippen molar-refractivity contribution in [1.82, 2.24) is 24.6 Å². The Kier molecular flexibility index (Phi) is 5.46. The maximum atomic E-state index is 12.6. The molecule has 0 unspecified atom stereocenters. The van der Waals surface area contributed by atoms with Crippen LogP contribution in [-0.4, -0.2) is 44.1 Å². The Morgan fingerprint density at radius 2 is 1.96 bits per heavy atom. The number of thiazole rings is 1. The Morgan fingerprint density at radius 1 is 1.23 bits per heavy atom. The minimum absolute atomic E-state index is 0.0176. The lowest BCUT2D eigenvalue weighted by Crippen LogP contribution is -2.28. The van der Waals surface area contributed by atoms with Crippen LogP contribution in [0.25, 0.3) is 11.4 Å².